The molecule has 22 heavy (non-hydrogen) atoms. The molecule has 5 nitrogen and oxygen atoms in total. The number of nitrogens with zero attached hydrogens (tertiary/aromatic N) is 3. The number of likely N-dealkylation sites (N-methyl/N-ethyl adjacent to an activating group) is 2. The van der Waals surface area contributed by atoms with E-state index in [2.05, 4.69) is 24.9 Å². The van der Waals surface area contributed by atoms with Gasteiger partial charge in [0, 0.05) is 31.7 Å². The third-order valence-electron chi connectivity index (χ3n) is 5.55. The summed E-state index contributed by atoms with van der Waals surface area (Å²) in [5.74, 6) is 0.103. The number of rotatable bonds is 7. The molecule has 2 fully saturated rings. The maximum Gasteiger partial charge on any atom is 0.236 e. The van der Waals surface area contributed by atoms with Crippen molar-refractivity contribution in [3.8, 4) is 6.07 Å². The summed E-state index contributed by atoms with van der Waals surface area (Å²) in [5, 5.41) is 8.62. The molecule has 2 atom stereocenters. The van der Waals surface area contributed by atoms with Crippen LogP contribution < -0.4 is 0 Å². The molecule has 2 aliphatic rings. The molecule has 2 saturated carbocycles. The fourth-order valence-corrected chi connectivity index (χ4v) is 4.26. The molecule has 0 bridgehead atoms. The van der Waals surface area contributed by atoms with Crippen LogP contribution >= 0.6 is 0 Å². The molecule has 1 spiro atoms. The van der Waals surface area contributed by atoms with Crippen LogP contribution in [0.4, 0.5) is 0 Å². The van der Waals surface area contributed by atoms with Crippen LogP contribution in [0.15, 0.2) is 0 Å². The van der Waals surface area contributed by atoms with Gasteiger partial charge >= 0.3 is 0 Å². The van der Waals surface area contributed by atoms with E-state index in [1.807, 2.05) is 0 Å². The zero-order valence-corrected chi connectivity index (χ0v) is 14.2. The Morgan fingerprint density at radius 1 is 1.36 bits per heavy atom. The summed E-state index contributed by atoms with van der Waals surface area (Å²) in [4.78, 5) is 16.1. The van der Waals surface area contributed by atoms with Crippen LogP contribution in [0.1, 0.15) is 45.4 Å². The van der Waals surface area contributed by atoms with E-state index in [1.54, 1.807) is 11.9 Å². The zero-order valence-electron chi connectivity index (χ0n) is 14.2. The van der Waals surface area contributed by atoms with E-state index in [0.29, 0.717) is 31.7 Å². The van der Waals surface area contributed by atoms with E-state index >= 15 is 0 Å². The summed E-state index contributed by atoms with van der Waals surface area (Å²) >= 11 is 0. The van der Waals surface area contributed by atoms with Gasteiger partial charge in [0.25, 0.3) is 0 Å². The highest BCUT2D eigenvalue weighted by Gasteiger charge is 2.58. The van der Waals surface area contributed by atoms with Crippen molar-refractivity contribution < 1.29 is 9.53 Å². The highest BCUT2D eigenvalue weighted by atomic mass is 16.5. The second kappa shape index (κ2) is 7.43. The molecule has 2 rings (SSSR count). The van der Waals surface area contributed by atoms with Gasteiger partial charge in [-0.2, -0.15) is 5.26 Å². The number of nitriles is 1. The third-order valence-corrected chi connectivity index (χ3v) is 5.55. The van der Waals surface area contributed by atoms with Crippen LogP contribution in [0.3, 0.4) is 0 Å². The van der Waals surface area contributed by atoms with E-state index in [1.165, 1.54) is 25.7 Å². The van der Waals surface area contributed by atoms with Gasteiger partial charge in [-0.1, -0.05) is 12.8 Å². The third kappa shape index (κ3) is 3.28. The Morgan fingerprint density at radius 2 is 2.05 bits per heavy atom. The lowest BCUT2D eigenvalue weighted by Crippen LogP contribution is -2.63. The SMILES string of the molecule is CCO[C@H]1C[C@@H](N(C)CC(=O)N(C)CCC#N)C12CCCC2. The van der Waals surface area contributed by atoms with Crippen molar-refractivity contribution in [2.75, 3.05) is 33.8 Å². The Kier molecular flexibility index (Phi) is 5.82. The zero-order chi connectivity index (χ0) is 16.2. The van der Waals surface area contributed by atoms with Gasteiger partial charge in [-0.25, -0.2) is 0 Å². The van der Waals surface area contributed by atoms with E-state index in [-0.39, 0.29) is 11.3 Å². The fourth-order valence-electron chi connectivity index (χ4n) is 4.26. The lowest BCUT2D eigenvalue weighted by molar-refractivity contribution is -0.164. The van der Waals surface area contributed by atoms with Crippen LogP contribution in [0, 0.1) is 16.7 Å². The molecule has 0 aromatic carbocycles. The van der Waals surface area contributed by atoms with Crippen LogP contribution in [0.2, 0.25) is 0 Å². The van der Waals surface area contributed by atoms with Crippen molar-refractivity contribution in [3.05, 3.63) is 0 Å². The number of hydrogen-bond donors (Lipinski definition) is 0. The number of amides is 1. The van der Waals surface area contributed by atoms with Gasteiger partial charge in [0.05, 0.1) is 25.1 Å². The Morgan fingerprint density at radius 3 is 2.64 bits per heavy atom. The molecule has 0 N–H and O–H groups in total. The van der Waals surface area contributed by atoms with Crippen molar-refractivity contribution in [2.45, 2.75) is 57.6 Å². The smallest absolute Gasteiger partial charge is 0.236 e. The second-order valence-corrected chi connectivity index (χ2v) is 6.77. The van der Waals surface area contributed by atoms with Crippen LogP contribution in [-0.2, 0) is 9.53 Å². The summed E-state index contributed by atoms with van der Waals surface area (Å²) in [6.45, 7) is 3.79. The van der Waals surface area contributed by atoms with E-state index < -0.39 is 0 Å². The standard InChI is InChI=1S/C17H29N3O2/c1-4-22-15-12-14(17(15)8-5-6-9-17)20(3)13-16(21)19(2)11-7-10-18/h14-15H,4-9,11-13H2,1-3H3/t14-,15+/m1/s1. The van der Waals surface area contributed by atoms with E-state index in [0.717, 1.165) is 13.0 Å². The van der Waals surface area contributed by atoms with Gasteiger partial charge in [0.2, 0.25) is 5.91 Å². The van der Waals surface area contributed by atoms with Crippen molar-refractivity contribution in [2.24, 2.45) is 5.41 Å². The quantitative estimate of drug-likeness (QED) is 0.722. The van der Waals surface area contributed by atoms with Gasteiger partial charge in [0.15, 0.2) is 0 Å². The van der Waals surface area contributed by atoms with Crippen LogP contribution in [0.25, 0.3) is 0 Å². The average molecular weight is 307 g/mol. The largest absolute Gasteiger partial charge is 0.378 e. The molecule has 124 valence electrons. The first-order valence-corrected chi connectivity index (χ1v) is 8.48. The van der Waals surface area contributed by atoms with Crippen molar-refractivity contribution >= 4 is 5.91 Å². The van der Waals surface area contributed by atoms with Crippen molar-refractivity contribution in [1.29, 1.82) is 5.26 Å². The Labute approximate surface area is 134 Å². The molecule has 0 saturated heterocycles. The predicted molar refractivity (Wildman–Crippen MR) is 85.2 cm³/mol. The summed E-state index contributed by atoms with van der Waals surface area (Å²) in [7, 11) is 3.84. The maximum atomic E-state index is 12.3. The Hall–Kier alpha value is -1.12. The molecular weight excluding hydrogens is 278 g/mol. The average Bonchev–Trinajstić information content (AvgIpc) is 3.00. The molecule has 0 aliphatic heterocycles. The fraction of sp³-hybridized carbons (Fsp3) is 0.882. The molecule has 1 amide bonds. The molecule has 0 heterocycles. The minimum atomic E-state index is 0.103. The van der Waals surface area contributed by atoms with Gasteiger partial charge < -0.3 is 9.64 Å². The molecule has 5 heteroatoms. The summed E-state index contributed by atoms with van der Waals surface area (Å²) in [5.41, 5.74) is 0.274. The number of carbonyl (C=O) groups excluding carboxylic acids is 1. The topological polar surface area (TPSA) is 56.6 Å². The first-order chi connectivity index (χ1) is 10.5. The van der Waals surface area contributed by atoms with E-state index in [4.69, 9.17) is 10.00 Å². The molecule has 0 aromatic heterocycles. The molecule has 0 radical (unpaired) electrons. The second-order valence-electron chi connectivity index (χ2n) is 6.77. The minimum Gasteiger partial charge on any atom is -0.378 e. The van der Waals surface area contributed by atoms with Gasteiger partial charge in [0.1, 0.15) is 0 Å². The lowest BCUT2D eigenvalue weighted by Gasteiger charge is -2.57. The molecule has 0 aromatic rings. The van der Waals surface area contributed by atoms with E-state index in [9.17, 15) is 4.79 Å². The van der Waals surface area contributed by atoms with Crippen LogP contribution in [0.5, 0.6) is 0 Å². The van der Waals surface area contributed by atoms with Crippen molar-refractivity contribution in [3.63, 3.8) is 0 Å². The lowest BCUT2D eigenvalue weighted by atomic mass is 9.60. The first-order valence-electron chi connectivity index (χ1n) is 8.48. The number of ether oxygens (including phenoxy) is 1. The first kappa shape index (κ1) is 17.2. The minimum absolute atomic E-state index is 0.103. The summed E-state index contributed by atoms with van der Waals surface area (Å²) in [6.07, 6.45) is 6.83. The van der Waals surface area contributed by atoms with Crippen molar-refractivity contribution in [1.82, 2.24) is 9.80 Å². The van der Waals surface area contributed by atoms with Gasteiger partial charge in [-0.15, -0.1) is 0 Å². The normalized spacial score (nSPS) is 26.0. The number of carbonyl (C=O) groups is 1. The van der Waals surface area contributed by atoms with Crippen LogP contribution in [-0.4, -0.2) is 61.6 Å². The van der Waals surface area contributed by atoms with Gasteiger partial charge in [-0.3, -0.25) is 9.69 Å². The summed E-state index contributed by atoms with van der Waals surface area (Å²) < 4.78 is 5.94. The number of hydrogen-bond acceptors (Lipinski definition) is 4. The Balaban J connectivity index is 1.91. The van der Waals surface area contributed by atoms with Gasteiger partial charge in [-0.05, 0) is 33.2 Å². The Bertz CT molecular complexity index is 426. The monoisotopic (exact) mass is 307 g/mol. The molecule has 2 aliphatic carbocycles. The molecule has 0 unspecified atom stereocenters. The summed E-state index contributed by atoms with van der Waals surface area (Å²) in [6, 6.07) is 2.55. The predicted octanol–water partition coefficient (Wildman–Crippen LogP) is 2.03. The molecular formula is C17H29N3O2. The highest BCUT2D eigenvalue weighted by Crippen LogP contribution is 2.56. The maximum absolute atomic E-state index is 12.3. The highest BCUT2D eigenvalue weighted by molar-refractivity contribution is 5.78.